The summed E-state index contributed by atoms with van der Waals surface area (Å²) in [6, 6.07) is 99.3. The summed E-state index contributed by atoms with van der Waals surface area (Å²) in [4.78, 5) is 2.37. The number of anilines is 3. The first-order valence-electron chi connectivity index (χ1n) is 23.1. The van der Waals surface area contributed by atoms with E-state index in [0.29, 0.717) is 0 Å². The Morgan fingerprint density at radius 2 is 0.567 bits per heavy atom. The van der Waals surface area contributed by atoms with E-state index in [1.807, 2.05) is 0 Å². The predicted octanol–water partition coefficient (Wildman–Crippen LogP) is 18.6. The van der Waals surface area contributed by atoms with Crippen molar-refractivity contribution in [2.45, 2.75) is 0 Å². The van der Waals surface area contributed by atoms with E-state index in [9.17, 15) is 0 Å². The minimum absolute atomic E-state index is 1.09. The van der Waals surface area contributed by atoms with E-state index in [0.717, 1.165) is 17.1 Å². The van der Waals surface area contributed by atoms with Crippen LogP contribution in [0.2, 0.25) is 0 Å². The fraction of sp³-hybridized carbons (Fsp3) is 0. The maximum Gasteiger partial charge on any atom is 0.0462 e. The van der Waals surface area contributed by atoms with Gasteiger partial charge in [-0.05, 0) is 142 Å². The van der Waals surface area contributed by atoms with Crippen LogP contribution in [-0.4, -0.2) is 0 Å². The van der Waals surface area contributed by atoms with Gasteiger partial charge in [0.15, 0.2) is 0 Å². The highest BCUT2D eigenvalue weighted by molar-refractivity contribution is 6.04. The first kappa shape index (κ1) is 39.8. The van der Waals surface area contributed by atoms with Crippen LogP contribution in [0.15, 0.2) is 273 Å². The SMILES string of the molecule is c1ccc(-c2ccc3ccccc3c2-c2ccc(N(c3ccc(-c4ccc(-c5cccc6ccccc56)cc4)cc3)c3ccc(-c4cccc(-c5cccc6ccccc56)c4)cc3)cc2)cc1. The number of hydrogen-bond donors (Lipinski definition) is 0. The lowest BCUT2D eigenvalue weighted by Crippen LogP contribution is -2.09. The summed E-state index contributed by atoms with van der Waals surface area (Å²) in [5, 5.41) is 7.51. The number of nitrogens with zero attached hydrogens (tertiary/aromatic N) is 1. The molecule has 0 spiro atoms. The van der Waals surface area contributed by atoms with E-state index in [-0.39, 0.29) is 0 Å². The molecule has 67 heavy (non-hydrogen) atoms. The zero-order chi connectivity index (χ0) is 44.5. The lowest BCUT2D eigenvalue weighted by Gasteiger charge is -2.26. The molecule has 0 radical (unpaired) electrons. The van der Waals surface area contributed by atoms with Crippen LogP contribution in [-0.2, 0) is 0 Å². The minimum atomic E-state index is 1.09. The van der Waals surface area contributed by atoms with Crippen LogP contribution >= 0.6 is 0 Å². The monoisotopic (exact) mass is 851 g/mol. The second kappa shape index (κ2) is 17.3. The Balaban J connectivity index is 0.913. The standard InChI is InChI=1S/C66H45N/c1-2-13-51(14-3-1)65-44-37-52-17-6-9-24-64(52)66(65)54-35-42-59(43-36-54)67(57-38-31-47(32-39-57)46-27-29-53(30-28-46)62-25-11-18-49-15-4-7-22-60(49)62)58-40-33-48(34-41-58)55-20-10-21-56(45-55)63-26-12-19-50-16-5-8-23-61(50)63/h1-45H. The van der Waals surface area contributed by atoms with E-state index in [2.05, 4.69) is 278 Å². The zero-order valence-corrected chi connectivity index (χ0v) is 36.9. The lowest BCUT2D eigenvalue weighted by molar-refractivity contribution is 1.28. The van der Waals surface area contributed by atoms with Crippen molar-refractivity contribution in [2.24, 2.45) is 0 Å². The Hall–Kier alpha value is -8.78. The molecular weight excluding hydrogens is 807 g/mol. The first-order valence-corrected chi connectivity index (χ1v) is 23.1. The molecular formula is C66H45N. The third-order valence-electron chi connectivity index (χ3n) is 13.3. The van der Waals surface area contributed by atoms with Gasteiger partial charge in [-0.3, -0.25) is 0 Å². The zero-order valence-electron chi connectivity index (χ0n) is 36.9. The largest absolute Gasteiger partial charge is 0.311 e. The van der Waals surface area contributed by atoms with Crippen molar-refractivity contribution >= 4 is 49.4 Å². The summed E-state index contributed by atoms with van der Waals surface area (Å²) in [5.41, 5.74) is 17.8. The van der Waals surface area contributed by atoms with Crippen LogP contribution in [0.1, 0.15) is 0 Å². The quantitative estimate of drug-likeness (QED) is 0.140. The molecule has 0 aromatic heterocycles. The molecule has 1 heteroatoms. The molecule has 12 aromatic carbocycles. The third kappa shape index (κ3) is 7.63. The molecule has 0 saturated heterocycles. The molecule has 0 bridgehead atoms. The Bertz CT molecular complexity index is 3690. The molecule has 0 fully saturated rings. The average molecular weight is 852 g/mol. The Labute approximate surface area is 392 Å². The van der Waals surface area contributed by atoms with Crippen LogP contribution in [0.4, 0.5) is 17.1 Å². The molecule has 314 valence electrons. The molecule has 0 N–H and O–H groups in total. The van der Waals surface area contributed by atoms with Crippen LogP contribution in [0.5, 0.6) is 0 Å². The minimum Gasteiger partial charge on any atom is -0.311 e. The van der Waals surface area contributed by atoms with Gasteiger partial charge in [-0.25, -0.2) is 0 Å². The summed E-state index contributed by atoms with van der Waals surface area (Å²) in [6.07, 6.45) is 0. The molecule has 1 nitrogen and oxygen atoms in total. The molecule has 0 aliphatic heterocycles. The van der Waals surface area contributed by atoms with Gasteiger partial charge in [-0.1, -0.05) is 231 Å². The lowest BCUT2D eigenvalue weighted by atomic mass is 9.89. The van der Waals surface area contributed by atoms with E-state index in [1.54, 1.807) is 0 Å². The molecule has 0 atom stereocenters. The maximum absolute atomic E-state index is 2.37. The van der Waals surface area contributed by atoms with Crippen molar-refractivity contribution in [2.75, 3.05) is 4.90 Å². The van der Waals surface area contributed by atoms with Crippen molar-refractivity contribution in [3.8, 4) is 66.8 Å². The highest BCUT2D eigenvalue weighted by atomic mass is 15.1. The molecule has 0 amide bonds. The van der Waals surface area contributed by atoms with Gasteiger partial charge in [0.05, 0.1) is 0 Å². The summed E-state index contributed by atoms with van der Waals surface area (Å²) in [5.74, 6) is 0. The second-order valence-corrected chi connectivity index (χ2v) is 17.3. The topological polar surface area (TPSA) is 3.24 Å². The molecule has 0 unspecified atom stereocenters. The van der Waals surface area contributed by atoms with Gasteiger partial charge in [-0.15, -0.1) is 0 Å². The fourth-order valence-corrected chi connectivity index (χ4v) is 9.93. The van der Waals surface area contributed by atoms with Gasteiger partial charge < -0.3 is 4.90 Å². The Kier molecular flexibility index (Phi) is 10.3. The highest BCUT2D eigenvalue weighted by Crippen LogP contribution is 2.42. The van der Waals surface area contributed by atoms with E-state index >= 15 is 0 Å². The number of rotatable bonds is 9. The summed E-state index contributed by atoms with van der Waals surface area (Å²) in [7, 11) is 0. The van der Waals surface area contributed by atoms with Crippen molar-refractivity contribution in [3.05, 3.63) is 273 Å². The molecule has 0 aliphatic rings. The van der Waals surface area contributed by atoms with E-state index in [4.69, 9.17) is 0 Å². The van der Waals surface area contributed by atoms with E-state index in [1.165, 1.54) is 99.1 Å². The second-order valence-electron chi connectivity index (χ2n) is 17.3. The van der Waals surface area contributed by atoms with Crippen molar-refractivity contribution in [1.82, 2.24) is 0 Å². The van der Waals surface area contributed by atoms with Gasteiger partial charge in [0.2, 0.25) is 0 Å². The summed E-state index contributed by atoms with van der Waals surface area (Å²) < 4.78 is 0. The first-order chi connectivity index (χ1) is 33.2. The third-order valence-corrected chi connectivity index (χ3v) is 13.3. The van der Waals surface area contributed by atoms with E-state index < -0.39 is 0 Å². The average Bonchev–Trinajstić information content (AvgIpc) is 3.41. The predicted molar refractivity (Wildman–Crippen MR) is 286 cm³/mol. The molecule has 0 heterocycles. The maximum atomic E-state index is 2.37. The van der Waals surface area contributed by atoms with Crippen molar-refractivity contribution < 1.29 is 0 Å². The van der Waals surface area contributed by atoms with Gasteiger partial charge in [0.1, 0.15) is 0 Å². The van der Waals surface area contributed by atoms with Gasteiger partial charge >= 0.3 is 0 Å². The number of hydrogen-bond acceptors (Lipinski definition) is 1. The van der Waals surface area contributed by atoms with Gasteiger partial charge in [-0.2, -0.15) is 0 Å². The Morgan fingerprint density at radius 3 is 1.15 bits per heavy atom. The molecule has 0 aliphatic carbocycles. The van der Waals surface area contributed by atoms with Crippen LogP contribution < -0.4 is 4.90 Å². The fourth-order valence-electron chi connectivity index (χ4n) is 9.93. The van der Waals surface area contributed by atoms with Gasteiger partial charge in [0.25, 0.3) is 0 Å². The Morgan fingerprint density at radius 1 is 0.194 bits per heavy atom. The summed E-state index contributed by atoms with van der Waals surface area (Å²) >= 11 is 0. The van der Waals surface area contributed by atoms with Crippen molar-refractivity contribution in [3.63, 3.8) is 0 Å². The molecule has 12 rings (SSSR count). The summed E-state index contributed by atoms with van der Waals surface area (Å²) in [6.45, 7) is 0. The van der Waals surface area contributed by atoms with Gasteiger partial charge in [0, 0.05) is 17.1 Å². The van der Waals surface area contributed by atoms with Crippen LogP contribution in [0.3, 0.4) is 0 Å². The van der Waals surface area contributed by atoms with Crippen LogP contribution in [0.25, 0.3) is 99.1 Å². The number of fused-ring (bicyclic) bond motifs is 3. The molecule has 12 aromatic rings. The smallest absolute Gasteiger partial charge is 0.0462 e. The van der Waals surface area contributed by atoms with Crippen molar-refractivity contribution in [1.29, 1.82) is 0 Å². The normalized spacial score (nSPS) is 11.3. The number of benzene rings is 12. The van der Waals surface area contributed by atoms with Crippen LogP contribution in [0, 0.1) is 0 Å². The molecule has 0 saturated carbocycles. The highest BCUT2D eigenvalue weighted by Gasteiger charge is 2.17.